The molecule has 2 heterocycles. The van der Waals surface area contributed by atoms with Crippen LogP contribution in [-0.2, 0) is 6.54 Å². The zero-order valence-electron chi connectivity index (χ0n) is 14.5. The van der Waals surface area contributed by atoms with Gasteiger partial charge in [-0.1, -0.05) is 12.1 Å². The number of benzene rings is 1. The minimum Gasteiger partial charge on any atom is -0.382 e. The third kappa shape index (κ3) is 4.14. The zero-order valence-corrected chi connectivity index (χ0v) is 14.5. The quantitative estimate of drug-likeness (QED) is 0.917. The molecule has 0 unspecified atom stereocenters. The second kappa shape index (κ2) is 7.18. The van der Waals surface area contributed by atoms with Crippen molar-refractivity contribution >= 4 is 5.69 Å². The van der Waals surface area contributed by atoms with Gasteiger partial charge in [0.15, 0.2) is 0 Å². The Bertz CT molecular complexity index is 607. The van der Waals surface area contributed by atoms with Gasteiger partial charge in [0.05, 0.1) is 0 Å². The van der Waals surface area contributed by atoms with Crippen molar-refractivity contribution in [2.24, 2.45) is 0 Å². The SMILES string of the molecule is Cc1nccn1Cc1ccc(NC2CCN(C(C)C)CC2)cc1. The van der Waals surface area contributed by atoms with E-state index in [0.29, 0.717) is 12.1 Å². The number of nitrogens with zero attached hydrogens (tertiary/aromatic N) is 3. The van der Waals surface area contributed by atoms with Gasteiger partial charge in [-0.15, -0.1) is 0 Å². The number of rotatable bonds is 5. The largest absolute Gasteiger partial charge is 0.382 e. The van der Waals surface area contributed by atoms with Gasteiger partial charge in [-0.2, -0.15) is 0 Å². The Morgan fingerprint density at radius 2 is 1.87 bits per heavy atom. The van der Waals surface area contributed by atoms with Gasteiger partial charge in [-0.25, -0.2) is 4.98 Å². The summed E-state index contributed by atoms with van der Waals surface area (Å²) < 4.78 is 2.17. The normalized spacial score (nSPS) is 16.9. The summed E-state index contributed by atoms with van der Waals surface area (Å²) in [6.45, 7) is 9.90. The number of anilines is 1. The Morgan fingerprint density at radius 1 is 1.17 bits per heavy atom. The van der Waals surface area contributed by atoms with E-state index in [2.05, 4.69) is 57.9 Å². The second-order valence-electron chi connectivity index (χ2n) is 6.85. The van der Waals surface area contributed by atoms with Crippen LogP contribution in [0.1, 0.15) is 38.1 Å². The fraction of sp³-hybridized carbons (Fsp3) is 0.526. The number of piperidine rings is 1. The first kappa shape index (κ1) is 16.1. The molecule has 0 atom stereocenters. The van der Waals surface area contributed by atoms with Crippen LogP contribution in [0.15, 0.2) is 36.7 Å². The molecule has 1 N–H and O–H groups in total. The van der Waals surface area contributed by atoms with Gasteiger partial charge < -0.3 is 14.8 Å². The van der Waals surface area contributed by atoms with Crippen molar-refractivity contribution < 1.29 is 0 Å². The predicted molar refractivity (Wildman–Crippen MR) is 95.9 cm³/mol. The lowest BCUT2D eigenvalue weighted by molar-refractivity contribution is 0.177. The maximum absolute atomic E-state index is 4.27. The monoisotopic (exact) mass is 312 g/mol. The van der Waals surface area contributed by atoms with Crippen molar-refractivity contribution in [2.75, 3.05) is 18.4 Å². The Labute approximate surface area is 139 Å². The molecule has 4 heteroatoms. The summed E-state index contributed by atoms with van der Waals surface area (Å²) in [6, 6.07) is 10.1. The second-order valence-corrected chi connectivity index (χ2v) is 6.85. The van der Waals surface area contributed by atoms with Gasteiger partial charge >= 0.3 is 0 Å². The van der Waals surface area contributed by atoms with E-state index >= 15 is 0 Å². The van der Waals surface area contributed by atoms with E-state index < -0.39 is 0 Å². The van der Waals surface area contributed by atoms with E-state index in [1.165, 1.54) is 37.2 Å². The molecule has 1 fully saturated rings. The molecule has 1 saturated heterocycles. The summed E-state index contributed by atoms with van der Waals surface area (Å²) in [6.07, 6.45) is 6.35. The molecule has 0 amide bonds. The zero-order chi connectivity index (χ0) is 16.2. The topological polar surface area (TPSA) is 33.1 Å². The summed E-state index contributed by atoms with van der Waals surface area (Å²) in [5.74, 6) is 1.06. The molecule has 2 aromatic rings. The van der Waals surface area contributed by atoms with Crippen LogP contribution in [-0.4, -0.2) is 39.6 Å². The van der Waals surface area contributed by atoms with Gasteiger partial charge in [0, 0.05) is 49.8 Å². The predicted octanol–water partition coefficient (Wildman–Crippen LogP) is 3.52. The number of hydrogen-bond acceptors (Lipinski definition) is 3. The van der Waals surface area contributed by atoms with Gasteiger partial charge in [0.2, 0.25) is 0 Å². The third-order valence-electron chi connectivity index (χ3n) is 4.86. The van der Waals surface area contributed by atoms with Crippen LogP contribution in [0.4, 0.5) is 5.69 Å². The first-order valence-electron chi connectivity index (χ1n) is 8.69. The van der Waals surface area contributed by atoms with E-state index in [0.717, 1.165) is 12.4 Å². The summed E-state index contributed by atoms with van der Waals surface area (Å²) >= 11 is 0. The molecular formula is C19H28N4. The highest BCUT2D eigenvalue weighted by atomic mass is 15.2. The molecule has 124 valence electrons. The molecule has 0 aliphatic carbocycles. The standard InChI is InChI=1S/C19H28N4/c1-15(2)22-11-8-19(9-12-22)21-18-6-4-17(5-7-18)14-23-13-10-20-16(23)3/h4-7,10,13,15,19,21H,8-9,11-12,14H2,1-3H3. The molecule has 0 spiro atoms. The lowest BCUT2D eigenvalue weighted by Crippen LogP contribution is -2.42. The number of aromatic nitrogens is 2. The maximum atomic E-state index is 4.27. The number of nitrogens with one attached hydrogen (secondary N) is 1. The minimum atomic E-state index is 0.603. The Morgan fingerprint density at radius 3 is 2.43 bits per heavy atom. The van der Waals surface area contributed by atoms with E-state index in [1.54, 1.807) is 0 Å². The molecule has 1 aliphatic heterocycles. The highest BCUT2D eigenvalue weighted by Gasteiger charge is 2.20. The van der Waals surface area contributed by atoms with Gasteiger partial charge in [-0.05, 0) is 51.3 Å². The van der Waals surface area contributed by atoms with Crippen molar-refractivity contribution in [3.63, 3.8) is 0 Å². The Kier molecular flexibility index (Phi) is 5.01. The molecule has 0 bridgehead atoms. The fourth-order valence-electron chi connectivity index (χ4n) is 3.27. The maximum Gasteiger partial charge on any atom is 0.105 e. The van der Waals surface area contributed by atoms with Crippen LogP contribution >= 0.6 is 0 Å². The molecule has 4 nitrogen and oxygen atoms in total. The number of likely N-dealkylation sites (tertiary alicyclic amines) is 1. The summed E-state index contributed by atoms with van der Waals surface area (Å²) in [5.41, 5.74) is 2.55. The number of aryl methyl sites for hydroxylation is 1. The summed E-state index contributed by atoms with van der Waals surface area (Å²) in [7, 11) is 0. The smallest absolute Gasteiger partial charge is 0.105 e. The van der Waals surface area contributed by atoms with Crippen LogP contribution in [0.3, 0.4) is 0 Å². The number of hydrogen-bond donors (Lipinski definition) is 1. The van der Waals surface area contributed by atoms with E-state index in [-0.39, 0.29) is 0 Å². The average Bonchev–Trinajstić information content (AvgIpc) is 2.95. The van der Waals surface area contributed by atoms with E-state index in [1.807, 2.05) is 19.3 Å². The van der Waals surface area contributed by atoms with Crippen molar-refractivity contribution in [2.45, 2.75) is 52.2 Å². The molecule has 23 heavy (non-hydrogen) atoms. The molecule has 3 rings (SSSR count). The third-order valence-corrected chi connectivity index (χ3v) is 4.86. The Hall–Kier alpha value is -1.81. The lowest BCUT2D eigenvalue weighted by Gasteiger charge is -2.35. The summed E-state index contributed by atoms with van der Waals surface area (Å²) in [5, 5.41) is 3.69. The molecular weight excluding hydrogens is 284 g/mol. The minimum absolute atomic E-state index is 0.603. The van der Waals surface area contributed by atoms with Crippen molar-refractivity contribution in [3.8, 4) is 0 Å². The van der Waals surface area contributed by atoms with E-state index in [4.69, 9.17) is 0 Å². The molecule has 1 aromatic heterocycles. The molecule has 0 radical (unpaired) electrons. The highest BCUT2D eigenvalue weighted by Crippen LogP contribution is 2.19. The van der Waals surface area contributed by atoms with Crippen LogP contribution in [0.2, 0.25) is 0 Å². The fourth-order valence-corrected chi connectivity index (χ4v) is 3.27. The van der Waals surface area contributed by atoms with Crippen LogP contribution in [0.25, 0.3) is 0 Å². The molecule has 1 aromatic carbocycles. The molecule has 0 saturated carbocycles. The van der Waals surface area contributed by atoms with Crippen molar-refractivity contribution in [1.29, 1.82) is 0 Å². The van der Waals surface area contributed by atoms with Crippen molar-refractivity contribution in [3.05, 3.63) is 48.0 Å². The summed E-state index contributed by atoms with van der Waals surface area (Å²) in [4.78, 5) is 6.84. The molecule has 1 aliphatic rings. The van der Waals surface area contributed by atoms with Crippen LogP contribution in [0.5, 0.6) is 0 Å². The number of imidazole rings is 1. The lowest BCUT2D eigenvalue weighted by atomic mass is 10.0. The van der Waals surface area contributed by atoms with Gasteiger partial charge in [0.25, 0.3) is 0 Å². The van der Waals surface area contributed by atoms with E-state index in [9.17, 15) is 0 Å². The van der Waals surface area contributed by atoms with Crippen molar-refractivity contribution in [1.82, 2.24) is 14.5 Å². The first-order valence-corrected chi connectivity index (χ1v) is 8.69. The van der Waals surface area contributed by atoms with Crippen LogP contribution in [0, 0.1) is 6.92 Å². The van der Waals surface area contributed by atoms with Crippen LogP contribution < -0.4 is 5.32 Å². The van der Waals surface area contributed by atoms with Gasteiger partial charge in [0.1, 0.15) is 5.82 Å². The average molecular weight is 312 g/mol. The Balaban J connectivity index is 1.53. The first-order chi connectivity index (χ1) is 11.1. The highest BCUT2D eigenvalue weighted by molar-refractivity contribution is 5.45. The van der Waals surface area contributed by atoms with Gasteiger partial charge in [-0.3, -0.25) is 0 Å².